The van der Waals surface area contributed by atoms with Crippen LogP contribution in [0.15, 0.2) is 82.8 Å². The highest BCUT2D eigenvalue weighted by atomic mass is 19.4. The van der Waals surface area contributed by atoms with Gasteiger partial charge in [-0.1, -0.05) is 48.5 Å². The summed E-state index contributed by atoms with van der Waals surface area (Å²) in [6.07, 6.45) is -5.93. The van der Waals surface area contributed by atoms with Gasteiger partial charge in [0.1, 0.15) is 11.7 Å². The molecular formula is C32H29F3N6O4. The van der Waals surface area contributed by atoms with Gasteiger partial charge >= 0.3 is 12.1 Å². The first-order chi connectivity index (χ1) is 21.5. The minimum Gasteiger partial charge on any atom is -0.475 e. The largest absolute Gasteiger partial charge is 0.490 e. The van der Waals surface area contributed by atoms with Crippen LogP contribution in [0.4, 0.5) is 13.2 Å². The number of rotatable bonds is 4. The third kappa shape index (κ3) is 6.69. The maximum absolute atomic E-state index is 10.6. The zero-order valence-corrected chi connectivity index (χ0v) is 23.7. The van der Waals surface area contributed by atoms with Crippen molar-refractivity contribution in [3.8, 4) is 22.5 Å². The second kappa shape index (κ2) is 12.1. The van der Waals surface area contributed by atoms with Crippen molar-refractivity contribution in [1.29, 1.82) is 0 Å². The molecule has 2 aromatic heterocycles. The average molecular weight is 619 g/mol. The molecule has 0 aliphatic carbocycles. The van der Waals surface area contributed by atoms with Gasteiger partial charge in [0, 0.05) is 57.4 Å². The lowest BCUT2D eigenvalue weighted by Gasteiger charge is -2.19. The number of fused-ring (bicyclic) bond motifs is 2. The van der Waals surface area contributed by atoms with Crippen molar-refractivity contribution >= 4 is 39.4 Å². The van der Waals surface area contributed by atoms with Crippen molar-refractivity contribution in [2.75, 3.05) is 26.2 Å². The summed E-state index contributed by atoms with van der Waals surface area (Å²) in [5.41, 5.74) is 8.48. The van der Waals surface area contributed by atoms with Gasteiger partial charge in [0.05, 0.1) is 25.3 Å². The number of β-amino-alcohol motifs (C(OH)–C–C–N with tert-alkyl or cyclic N) is 2. The fourth-order valence-corrected chi connectivity index (χ4v) is 5.14. The minimum atomic E-state index is -5.08. The number of aromatic amines is 2. The molecule has 2 unspecified atom stereocenters. The van der Waals surface area contributed by atoms with Gasteiger partial charge in [-0.3, -0.25) is 9.98 Å². The summed E-state index contributed by atoms with van der Waals surface area (Å²) >= 11 is 0. The molecule has 2 aliphatic rings. The van der Waals surface area contributed by atoms with Gasteiger partial charge in [-0.2, -0.15) is 13.2 Å². The van der Waals surface area contributed by atoms with E-state index in [-0.39, 0.29) is 0 Å². The Hall–Kier alpha value is -5.14. The maximum Gasteiger partial charge on any atom is 0.490 e. The fourth-order valence-electron chi connectivity index (χ4n) is 5.14. The number of hydrogen-bond donors (Lipinski definition) is 7. The molecule has 2 atom stereocenters. The topological polar surface area (TPSA) is 158 Å². The van der Waals surface area contributed by atoms with Gasteiger partial charge in [0.2, 0.25) is 0 Å². The van der Waals surface area contributed by atoms with E-state index >= 15 is 0 Å². The number of benzene rings is 3. The normalized spacial score (nSPS) is 18.3. The van der Waals surface area contributed by atoms with E-state index in [1.54, 1.807) is 0 Å². The van der Waals surface area contributed by atoms with Crippen LogP contribution in [-0.4, -0.2) is 87.5 Å². The predicted octanol–water partition coefficient (Wildman–Crippen LogP) is 4.04. The Morgan fingerprint density at radius 3 is 1.38 bits per heavy atom. The van der Waals surface area contributed by atoms with E-state index in [1.807, 2.05) is 0 Å². The quantitative estimate of drug-likeness (QED) is 0.161. The van der Waals surface area contributed by atoms with E-state index in [2.05, 4.69) is 103 Å². The molecule has 13 heteroatoms. The number of aliphatic imine (C=N–C) groups is 2. The molecule has 7 rings (SSSR count). The molecule has 4 heterocycles. The average Bonchev–Trinajstić information content (AvgIpc) is 3.65. The number of aliphatic hydroxyl groups is 2. The Bertz CT molecular complexity index is 1800. The van der Waals surface area contributed by atoms with Gasteiger partial charge in [0.15, 0.2) is 0 Å². The zero-order chi connectivity index (χ0) is 31.7. The number of aliphatic hydroxyl groups excluding tert-OH is 2. The summed E-state index contributed by atoms with van der Waals surface area (Å²) in [5.74, 6) is -1.11. The zero-order valence-electron chi connectivity index (χ0n) is 23.7. The van der Waals surface area contributed by atoms with Gasteiger partial charge in [-0.25, -0.2) is 4.79 Å². The number of amidine groups is 2. The number of aliphatic carboxylic acids is 1. The van der Waals surface area contributed by atoms with Gasteiger partial charge in [-0.05, 0) is 35.4 Å². The first-order valence-corrected chi connectivity index (χ1v) is 14.1. The van der Waals surface area contributed by atoms with Crippen molar-refractivity contribution in [1.82, 2.24) is 20.6 Å². The smallest absolute Gasteiger partial charge is 0.475 e. The van der Waals surface area contributed by atoms with Crippen LogP contribution < -0.4 is 10.6 Å². The molecule has 0 spiro atoms. The third-order valence-electron chi connectivity index (χ3n) is 7.47. The number of nitrogens with zero attached hydrogens (tertiary/aromatic N) is 2. The van der Waals surface area contributed by atoms with Crippen molar-refractivity contribution in [2.24, 2.45) is 9.98 Å². The summed E-state index contributed by atoms with van der Waals surface area (Å²) in [4.78, 5) is 24.9. The highest BCUT2D eigenvalue weighted by molar-refractivity contribution is 6.03. The summed E-state index contributed by atoms with van der Waals surface area (Å²) in [7, 11) is 0. The summed E-state index contributed by atoms with van der Waals surface area (Å²) in [6.45, 7) is 1.90. The number of carboxylic acids is 1. The fraction of sp³-hybridized carbons (Fsp3) is 0.219. The lowest BCUT2D eigenvalue weighted by molar-refractivity contribution is -0.192. The molecule has 45 heavy (non-hydrogen) atoms. The molecule has 0 saturated carbocycles. The molecule has 3 aromatic carbocycles. The van der Waals surface area contributed by atoms with E-state index in [4.69, 9.17) is 9.90 Å². The lowest BCUT2D eigenvalue weighted by Crippen LogP contribution is -2.39. The number of carbonyl (C=O) groups is 1. The third-order valence-corrected chi connectivity index (χ3v) is 7.47. The van der Waals surface area contributed by atoms with Crippen LogP contribution in [0.1, 0.15) is 11.1 Å². The number of halogens is 3. The van der Waals surface area contributed by atoms with Gasteiger partial charge in [-0.15, -0.1) is 0 Å². The Morgan fingerprint density at radius 1 is 0.667 bits per heavy atom. The Balaban J connectivity index is 0.000000460. The van der Waals surface area contributed by atoms with Crippen LogP contribution in [0, 0.1) is 0 Å². The van der Waals surface area contributed by atoms with Crippen molar-refractivity contribution in [3.05, 3.63) is 83.9 Å². The van der Waals surface area contributed by atoms with Gasteiger partial charge in [0.25, 0.3) is 0 Å². The van der Waals surface area contributed by atoms with Crippen molar-refractivity contribution in [2.45, 2.75) is 18.4 Å². The molecule has 232 valence electrons. The van der Waals surface area contributed by atoms with Crippen LogP contribution in [-0.2, 0) is 4.79 Å². The van der Waals surface area contributed by atoms with Crippen LogP contribution in [0.25, 0.3) is 44.3 Å². The van der Waals surface area contributed by atoms with Crippen LogP contribution >= 0.6 is 0 Å². The Morgan fingerprint density at radius 2 is 1.04 bits per heavy atom. The van der Waals surface area contributed by atoms with E-state index in [9.17, 15) is 23.4 Å². The summed E-state index contributed by atoms with van der Waals surface area (Å²) in [5, 5.41) is 35.2. The molecule has 0 amide bonds. The lowest BCUT2D eigenvalue weighted by atomic mass is 10.1. The Kier molecular flexibility index (Phi) is 8.04. The second-order valence-electron chi connectivity index (χ2n) is 10.8. The van der Waals surface area contributed by atoms with E-state index in [0.29, 0.717) is 26.2 Å². The summed E-state index contributed by atoms with van der Waals surface area (Å²) in [6, 6.07) is 25.4. The Labute approximate surface area is 254 Å². The first-order valence-electron chi connectivity index (χ1n) is 14.1. The molecule has 0 radical (unpaired) electrons. The van der Waals surface area contributed by atoms with Gasteiger partial charge < -0.3 is 35.9 Å². The van der Waals surface area contributed by atoms with Crippen molar-refractivity contribution in [3.63, 3.8) is 0 Å². The van der Waals surface area contributed by atoms with E-state index < -0.39 is 24.4 Å². The maximum atomic E-state index is 10.6. The number of carboxylic acid groups (broad SMARTS) is 1. The second-order valence-corrected chi connectivity index (χ2v) is 10.8. The van der Waals surface area contributed by atoms with Crippen molar-refractivity contribution < 1.29 is 33.3 Å². The molecule has 7 N–H and O–H groups in total. The molecule has 0 bridgehead atoms. The number of H-pyrrole nitrogens is 2. The van der Waals surface area contributed by atoms with E-state index in [1.165, 1.54) is 0 Å². The minimum absolute atomic E-state index is 0.422. The monoisotopic (exact) mass is 618 g/mol. The predicted molar refractivity (Wildman–Crippen MR) is 166 cm³/mol. The number of aromatic nitrogens is 2. The number of nitrogens with one attached hydrogen (secondary N) is 4. The molecule has 0 fully saturated rings. The number of hydrogen-bond acceptors (Lipinski definition) is 7. The van der Waals surface area contributed by atoms with Crippen LogP contribution in [0.3, 0.4) is 0 Å². The molecule has 10 nitrogen and oxygen atoms in total. The SMILES string of the molecule is O=C(O)C(F)(F)F.OC1CN=C(c2ccc3cc(-c4ccc(-c5cc6ccc(C7=NCC(O)CN7)cc6[nH]5)cc4)[nH]c3c2)NC1. The number of alkyl halides is 3. The van der Waals surface area contributed by atoms with Crippen LogP contribution in [0.2, 0.25) is 0 Å². The molecule has 5 aromatic rings. The van der Waals surface area contributed by atoms with Crippen LogP contribution in [0.5, 0.6) is 0 Å². The highest BCUT2D eigenvalue weighted by Gasteiger charge is 2.38. The summed E-state index contributed by atoms with van der Waals surface area (Å²) < 4.78 is 31.7. The van der Waals surface area contributed by atoms with E-state index in [0.717, 1.165) is 67.1 Å². The standard InChI is InChI=1S/C30H28N6O2.C2HF3O2/c37-23-13-31-29(32-14-23)21-7-5-19-9-25(35-27(19)11-21)17-1-2-18(4-3-17)26-10-20-6-8-22(12-28(20)36-26)30-33-15-24(38)16-34-30;3-2(4,5)1(6)7/h1-12,23-24,35-38H,13-16H2,(H,31,32)(H,33,34);(H,6,7). The highest BCUT2D eigenvalue weighted by Crippen LogP contribution is 2.29. The first kappa shape index (κ1) is 29.9. The molecule has 0 saturated heterocycles. The molecular weight excluding hydrogens is 589 g/mol. The molecule has 2 aliphatic heterocycles.